The van der Waals surface area contributed by atoms with Crippen LogP contribution in [0.15, 0.2) is 41.0 Å². The molecule has 0 spiro atoms. The predicted octanol–water partition coefficient (Wildman–Crippen LogP) is 4.65. The quantitative estimate of drug-likeness (QED) is 0.656. The van der Waals surface area contributed by atoms with Crippen molar-refractivity contribution >= 4 is 15.9 Å². The largest absolute Gasteiger partial charge is 0.508 e. The van der Waals surface area contributed by atoms with Gasteiger partial charge >= 0.3 is 0 Å². The summed E-state index contributed by atoms with van der Waals surface area (Å²) in [5.41, 5.74) is 4.47. The van der Waals surface area contributed by atoms with Gasteiger partial charge in [0.25, 0.3) is 0 Å². The highest BCUT2D eigenvalue weighted by Crippen LogP contribution is 2.40. The van der Waals surface area contributed by atoms with Gasteiger partial charge in [0.05, 0.1) is 18.5 Å². The summed E-state index contributed by atoms with van der Waals surface area (Å²) >= 11 is 0. The molecule has 1 aromatic rings. The van der Waals surface area contributed by atoms with E-state index in [-0.39, 0.29) is 17.6 Å². The van der Waals surface area contributed by atoms with Gasteiger partial charge < -0.3 is 9.84 Å². The standard InChI is InChI=1S/C22H30O4S/c1-3-6-16(12-17-8-5-9-19(23)13-17)10-11-20-22-18(7-4-2)15-27(24,25)21(22)14-26-20/h5,8-9,12-13,20-21,23H,3-4,6-7,10-11,14-15H2,1-2H3/b16-12+/t20-,21+/m1/s1. The van der Waals surface area contributed by atoms with E-state index in [0.717, 1.165) is 55.2 Å². The fourth-order valence-electron chi connectivity index (χ4n) is 4.28. The maximum atomic E-state index is 12.4. The molecule has 0 aromatic heterocycles. The van der Waals surface area contributed by atoms with Gasteiger partial charge in [-0.25, -0.2) is 8.42 Å². The van der Waals surface area contributed by atoms with Crippen LogP contribution >= 0.6 is 0 Å². The first-order chi connectivity index (χ1) is 12.9. The summed E-state index contributed by atoms with van der Waals surface area (Å²) in [7, 11) is -3.07. The molecule has 0 radical (unpaired) electrons. The van der Waals surface area contributed by atoms with Crippen LogP contribution in [0.1, 0.15) is 57.9 Å². The Morgan fingerprint density at radius 1 is 1.26 bits per heavy atom. The minimum Gasteiger partial charge on any atom is -0.508 e. The highest BCUT2D eigenvalue weighted by molar-refractivity contribution is 7.92. The molecule has 4 nitrogen and oxygen atoms in total. The van der Waals surface area contributed by atoms with E-state index in [1.807, 2.05) is 12.1 Å². The average Bonchev–Trinajstić information content (AvgIpc) is 3.14. The van der Waals surface area contributed by atoms with Gasteiger partial charge in [-0.3, -0.25) is 0 Å². The number of phenolic OH excluding ortho intramolecular Hbond substituents is 1. The third kappa shape index (κ3) is 4.64. The summed E-state index contributed by atoms with van der Waals surface area (Å²) in [4.78, 5) is 0. The van der Waals surface area contributed by atoms with Crippen molar-refractivity contribution in [2.75, 3.05) is 12.4 Å². The molecule has 5 heteroatoms. The lowest BCUT2D eigenvalue weighted by atomic mass is 9.94. The van der Waals surface area contributed by atoms with Crippen molar-refractivity contribution in [3.63, 3.8) is 0 Å². The van der Waals surface area contributed by atoms with Crippen molar-refractivity contribution in [3.8, 4) is 5.75 Å². The molecule has 1 fully saturated rings. The third-order valence-corrected chi connectivity index (χ3v) is 7.46. The average molecular weight is 391 g/mol. The fraction of sp³-hybridized carbons (Fsp3) is 0.545. The van der Waals surface area contributed by atoms with Crippen LogP contribution in [0.25, 0.3) is 6.08 Å². The van der Waals surface area contributed by atoms with E-state index in [4.69, 9.17) is 4.74 Å². The van der Waals surface area contributed by atoms with Crippen molar-refractivity contribution in [3.05, 3.63) is 46.5 Å². The molecule has 0 aliphatic carbocycles. The number of rotatable bonds is 8. The lowest BCUT2D eigenvalue weighted by Gasteiger charge is -2.15. The normalized spacial score (nSPS) is 24.4. The van der Waals surface area contributed by atoms with Gasteiger partial charge in [-0.15, -0.1) is 0 Å². The molecule has 2 aliphatic heterocycles. The van der Waals surface area contributed by atoms with E-state index in [1.54, 1.807) is 12.1 Å². The Kier molecular flexibility index (Phi) is 6.43. The zero-order valence-electron chi connectivity index (χ0n) is 16.3. The molecule has 0 unspecified atom stereocenters. The maximum absolute atomic E-state index is 12.4. The lowest BCUT2D eigenvalue weighted by Crippen LogP contribution is -2.19. The van der Waals surface area contributed by atoms with Crippen LogP contribution in [0.2, 0.25) is 0 Å². The van der Waals surface area contributed by atoms with Crippen LogP contribution in [0.4, 0.5) is 0 Å². The molecule has 0 bridgehead atoms. The first-order valence-corrected chi connectivity index (χ1v) is 11.7. The summed E-state index contributed by atoms with van der Waals surface area (Å²) in [6.07, 6.45) is 7.63. The third-order valence-electron chi connectivity index (χ3n) is 5.45. The monoisotopic (exact) mass is 390 g/mol. The summed E-state index contributed by atoms with van der Waals surface area (Å²) in [5.74, 6) is 0.494. The fourth-order valence-corrected chi connectivity index (χ4v) is 6.27. The second-order valence-electron chi connectivity index (χ2n) is 7.61. The van der Waals surface area contributed by atoms with Crippen LogP contribution in [-0.2, 0) is 14.6 Å². The molecule has 1 N–H and O–H groups in total. The Labute approximate surface area is 162 Å². The minimum absolute atomic E-state index is 0.0711. The van der Waals surface area contributed by atoms with Gasteiger partial charge in [-0.2, -0.15) is 0 Å². The number of ether oxygens (including phenoxy) is 1. The number of hydrogen-bond donors (Lipinski definition) is 1. The molecule has 2 atom stereocenters. The second kappa shape index (κ2) is 8.61. The van der Waals surface area contributed by atoms with Crippen LogP contribution in [0.3, 0.4) is 0 Å². The number of phenols is 1. The number of sulfone groups is 1. The zero-order chi connectivity index (χ0) is 19.4. The molecule has 2 aliphatic rings. The van der Waals surface area contributed by atoms with Gasteiger partial charge in [0.15, 0.2) is 9.84 Å². The molecule has 1 saturated heterocycles. The van der Waals surface area contributed by atoms with Crippen molar-refractivity contribution in [1.29, 1.82) is 0 Å². The first-order valence-electron chi connectivity index (χ1n) is 9.98. The minimum atomic E-state index is -3.07. The zero-order valence-corrected chi connectivity index (χ0v) is 17.1. The van der Waals surface area contributed by atoms with Crippen molar-refractivity contribution in [2.45, 2.75) is 63.7 Å². The highest BCUT2D eigenvalue weighted by Gasteiger charge is 2.46. The van der Waals surface area contributed by atoms with Gasteiger partial charge in [0.2, 0.25) is 0 Å². The Balaban J connectivity index is 1.75. The molecule has 1 aromatic carbocycles. The number of allylic oxidation sites excluding steroid dienone is 1. The summed E-state index contributed by atoms with van der Waals surface area (Å²) in [6, 6.07) is 7.28. The van der Waals surface area contributed by atoms with Crippen LogP contribution in [0.5, 0.6) is 5.75 Å². The topological polar surface area (TPSA) is 63.6 Å². The Morgan fingerprint density at radius 3 is 2.78 bits per heavy atom. The van der Waals surface area contributed by atoms with Crippen molar-refractivity contribution in [2.24, 2.45) is 0 Å². The molecular formula is C22H30O4S. The number of fused-ring (bicyclic) bond motifs is 1. The second-order valence-corrected chi connectivity index (χ2v) is 9.80. The molecule has 148 valence electrons. The predicted molar refractivity (Wildman–Crippen MR) is 109 cm³/mol. The van der Waals surface area contributed by atoms with E-state index >= 15 is 0 Å². The lowest BCUT2D eigenvalue weighted by molar-refractivity contribution is 0.117. The van der Waals surface area contributed by atoms with Gasteiger partial charge in [-0.1, -0.05) is 56.0 Å². The van der Waals surface area contributed by atoms with Crippen molar-refractivity contribution < 1.29 is 18.3 Å². The first kappa shape index (κ1) is 20.2. The van der Waals surface area contributed by atoms with Crippen LogP contribution < -0.4 is 0 Å². The molecule has 2 heterocycles. The molecule has 0 amide bonds. The smallest absolute Gasteiger partial charge is 0.163 e. The highest BCUT2D eigenvalue weighted by atomic mass is 32.2. The summed E-state index contributed by atoms with van der Waals surface area (Å²) in [6.45, 7) is 4.56. The molecule has 3 rings (SSSR count). The van der Waals surface area contributed by atoms with Crippen LogP contribution in [-0.4, -0.2) is 37.2 Å². The van der Waals surface area contributed by atoms with E-state index in [1.165, 1.54) is 5.57 Å². The van der Waals surface area contributed by atoms with Crippen molar-refractivity contribution in [1.82, 2.24) is 0 Å². The van der Waals surface area contributed by atoms with Gasteiger partial charge in [0, 0.05) is 0 Å². The molecule has 27 heavy (non-hydrogen) atoms. The molecule has 0 saturated carbocycles. The number of hydrogen-bond acceptors (Lipinski definition) is 4. The summed E-state index contributed by atoms with van der Waals surface area (Å²) in [5, 5.41) is 9.27. The maximum Gasteiger partial charge on any atom is 0.163 e. The number of benzene rings is 1. The Hall–Kier alpha value is -1.59. The van der Waals surface area contributed by atoms with Crippen LogP contribution in [0, 0.1) is 0 Å². The van der Waals surface area contributed by atoms with Gasteiger partial charge in [-0.05, 0) is 49.0 Å². The Morgan fingerprint density at radius 2 is 2.07 bits per heavy atom. The van der Waals surface area contributed by atoms with E-state index in [0.29, 0.717) is 6.61 Å². The Bertz CT molecular complexity index is 836. The summed E-state index contributed by atoms with van der Waals surface area (Å²) < 4.78 is 30.8. The van der Waals surface area contributed by atoms with E-state index in [2.05, 4.69) is 19.9 Å². The molecular weight excluding hydrogens is 360 g/mol. The van der Waals surface area contributed by atoms with E-state index < -0.39 is 15.1 Å². The van der Waals surface area contributed by atoms with E-state index in [9.17, 15) is 13.5 Å². The SMILES string of the molecule is CCCC1=C2[C@@H](CC/C(=C/c3cccc(O)c3)CCC)OC[C@@H]2S(=O)(=O)C1. The number of aromatic hydroxyl groups is 1. The van der Waals surface area contributed by atoms with Gasteiger partial charge in [0.1, 0.15) is 11.0 Å².